The zero-order chi connectivity index (χ0) is 23.8. The standard InChI is InChI=1S/C23H15F3N2O4S/c1-33(30,31)18-9-2-14(3-10-18)19-13-27-28(16-6-11-20(25)21(26)12-16)23(29)22(19)32-17-7-4-15(24)5-8-17/h2-13H,1H3. The lowest BCUT2D eigenvalue weighted by Gasteiger charge is -2.14. The van der Waals surface area contributed by atoms with Crippen LogP contribution in [0, 0.1) is 17.5 Å². The summed E-state index contributed by atoms with van der Waals surface area (Å²) >= 11 is 0. The molecular formula is C23H15F3N2O4S. The molecule has 6 nitrogen and oxygen atoms in total. The van der Waals surface area contributed by atoms with Crippen molar-refractivity contribution in [3.05, 3.63) is 101 Å². The molecule has 0 bridgehead atoms. The Morgan fingerprint density at radius 2 is 1.55 bits per heavy atom. The predicted molar refractivity (Wildman–Crippen MR) is 115 cm³/mol. The quantitative estimate of drug-likeness (QED) is 0.427. The minimum Gasteiger partial charge on any atom is -0.451 e. The van der Waals surface area contributed by atoms with Crippen molar-refractivity contribution in [2.24, 2.45) is 0 Å². The minimum absolute atomic E-state index is 0.0400. The number of halogens is 3. The van der Waals surface area contributed by atoms with Gasteiger partial charge in [-0.05, 0) is 54.1 Å². The molecule has 4 aromatic rings. The third-order valence-electron chi connectivity index (χ3n) is 4.71. The van der Waals surface area contributed by atoms with E-state index in [-0.39, 0.29) is 27.6 Å². The topological polar surface area (TPSA) is 78.3 Å². The molecule has 10 heteroatoms. The van der Waals surface area contributed by atoms with Crippen LogP contribution in [0.3, 0.4) is 0 Å². The van der Waals surface area contributed by atoms with Crippen molar-refractivity contribution in [2.75, 3.05) is 6.26 Å². The highest BCUT2D eigenvalue weighted by Gasteiger charge is 2.18. The van der Waals surface area contributed by atoms with Crippen molar-refractivity contribution in [3.8, 4) is 28.3 Å². The van der Waals surface area contributed by atoms with E-state index in [2.05, 4.69) is 5.10 Å². The number of benzene rings is 3. The summed E-state index contributed by atoms with van der Waals surface area (Å²) in [6.45, 7) is 0. The Balaban J connectivity index is 1.88. The Bertz CT molecular complexity index is 1500. The van der Waals surface area contributed by atoms with Crippen LogP contribution in [0.5, 0.6) is 11.5 Å². The second kappa shape index (κ2) is 8.55. The van der Waals surface area contributed by atoms with Gasteiger partial charge in [0.25, 0.3) is 0 Å². The molecule has 3 aromatic carbocycles. The summed E-state index contributed by atoms with van der Waals surface area (Å²) in [6, 6.07) is 13.5. The predicted octanol–water partition coefficient (Wildman–Crippen LogP) is 4.51. The minimum atomic E-state index is -3.44. The molecule has 0 atom stereocenters. The number of sulfone groups is 1. The number of rotatable bonds is 5. The number of ether oxygens (including phenoxy) is 1. The molecule has 0 unspecified atom stereocenters. The third-order valence-corrected chi connectivity index (χ3v) is 5.84. The van der Waals surface area contributed by atoms with Crippen molar-refractivity contribution < 1.29 is 26.3 Å². The van der Waals surface area contributed by atoms with Gasteiger partial charge in [0.2, 0.25) is 5.75 Å². The number of aromatic nitrogens is 2. The van der Waals surface area contributed by atoms with Crippen molar-refractivity contribution in [1.82, 2.24) is 9.78 Å². The fourth-order valence-corrected chi connectivity index (χ4v) is 3.68. The van der Waals surface area contributed by atoms with E-state index in [0.29, 0.717) is 5.56 Å². The first-order valence-electron chi connectivity index (χ1n) is 9.45. The average molecular weight is 472 g/mol. The van der Waals surface area contributed by atoms with Gasteiger partial charge >= 0.3 is 5.56 Å². The highest BCUT2D eigenvalue weighted by Crippen LogP contribution is 2.31. The van der Waals surface area contributed by atoms with Gasteiger partial charge in [0, 0.05) is 12.3 Å². The number of nitrogens with zero attached hydrogens (tertiary/aromatic N) is 2. The molecule has 1 heterocycles. The van der Waals surface area contributed by atoms with Gasteiger partial charge in [0.1, 0.15) is 11.6 Å². The highest BCUT2D eigenvalue weighted by atomic mass is 32.2. The van der Waals surface area contributed by atoms with E-state index >= 15 is 0 Å². The van der Waals surface area contributed by atoms with Crippen LogP contribution in [0.1, 0.15) is 0 Å². The Kier molecular flexibility index (Phi) is 5.77. The summed E-state index contributed by atoms with van der Waals surface area (Å²) in [5.41, 5.74) is -0.207. The largest absolute Gasteiger partial charge is 0.451 e. The Hall–Kier alpha value is -3.92. The summed E-state index contributed by atoms with van der Waals surface area (Å²) < 4.78 is 70.4. The van der Waals surface area contributed by atoms with Gasteiger partial charge in [0.05, 0.1) is 22.3 Å². The lowest BCUT2D eigenvalue weighted by atomic mass is 10.1. The molecule has 0 aliphatic heterocycles. The van der Waals surface area contributed by atoms with Gasteiger partial charge in [-0.15, -0.1) is 0 Å². The second-order valence-corrected chi connectivity index (χ2v) is 9.07. The van der Waals surface area contributed by atoms with Crippen LogP contribution in [0.25, 0.3) is 16.8 Å². The Morgan fingerprint density at radius 3 is 2.15 bits per heavy atom. The normalized spacial score (nSPS) is 11.4. The maximum Gasteiger partial charge on any atom is 0.315 e. The fourth-order valence-electron chi connectivity index (χ4n) is 3.05. The molecule has 168 valence electrons. The maximum absolute atomic E-state index is 13.7. The summed E-state index contributed by atoms with van der Waals surface area (Å²) in [4.78, 5) is 13.3. The molecule has 0 aliphatic carbocycles. The fraction of sp³-hybridized carbons (Fsp3) is 0.0435. The van der Waals surface area contributed by atoms with Crippen LogP contribution >= 0.6 is 0 Å². The molecular weight excluding hydrogens is 457 g/mol. The van der Waals surface area contributed by atoms with E-state index in [4.69, 9.17) is 4.74 Å². The summed E-state index contributed by atoms with van der Waals surface area (Å²) in [6.07, 6.45) is 2.34. The molecule has 0 saturated carbocycles. The van der Waals surface area contributed by atoms with Crippen LogP contribution in [-0.4, -0.2) is 24.5 Å². The summed E-state index contributed by atoms with van der Waals surface area (Å²) in [5.74, 6) is -2.84. The molecule has 0 aliphatic rings. The first-order valence-corrected chi connectivity index (χ1v) is 11.3. The molecule has 0 saturated heterocycles. The van der Waals surface area contributed by atoms with E-state index in [1.54, 1.807) is 0 Å². The molecule has 0 amide bonds. The summed E-state index contributed by atoms with van der Waals surface area (Å²) in [5, 5.41) is 4.04. The summed E-state index contributed by atoms with van der Waals surface area (Å²) in [7, 11) is -3.44. The number of hydrogen-bond acceptors (Lipinski definition) is 5. The monoisotopic (exact) mass is 472 g/mol. The Morgan fingerprint density at radius 1 is 0.879 bits per heavy atom. The molecule has 0 N–H and O–H groups in total. The van der Waals surface area contributed by atoms with Crippen LogP contribution < -0.4 is 10.3 Å². The molecule has 4 rings (SSSR count). The van der Waals surface area contributed by atoms with E-state index < -0.39 is 32.8 Å². The van der Waals surface area contributed by atoms with Crippen LogP contribution in [0.4, 0.5) is 13.2 Å². The van der Waals surface area contributed by atoms with Gasteiger partial charge in [-0.3, -0.25) is 4.79 Å². The van der Waals surface area contributed by atoms with Gasteiger partial charge in [-0.1, -0.05) is 12.1 Å². The van der Waals surface area contributed by atoms with Gasteiger partial charge in [0.15, 0.2) is 21.5 Å². The second-order valence-electron chi connectivity index (χ2n) is 7.06. The van der Waals surface area contributed by atoms with Gasteiger partial charge in [-0.25, -0.2) is 21.6 Å². The average Bonchev–Trinajstić information content (AvgIpc) is 2.78. The molecule has 0 spiro atoms. The van der Waals surface area contributed by atoms with E-state index in [1.807, 2.05) is 0 Å². The first kappa shape index (κ1) is 22.3. The van der Waals surface area contributed by atoms with E-state index in [9.17, 15) is 26.4 Å². The number of hydrogen-bond donors (Lipinski definition) is 0. The molecule has 33 heavy (non-hydrogen) atoms. The van der Waals surface area contributed by atoms with E-state index in [0.717, 1.165) is 35.2 Å². The van der Waals surface area contributed by atoms with Crippen LogP contribution in [-0.2, 0) is 9.84 Å². The van der Waals surface area contributed by atoms with Crippen molar-refractivity contribution in [2.45, 2.75) is 4.90 Å². The van der Waals surface area contributed by atoms with Crippen molar-refractivity contribution in [3.63, 3.8) is 0 Å². The molecule has 1 aromatic heterocycles. The third kappa shape index (κ3) is 4.65. The van der Waals surface area contributed by atoms with Crippen LogP contribution in [0.2, 0.25) is 0 Å². The first-order chi connectivity index (χ1) is 15.6. The SMILES string of the molecule is CS(=O)(=O)c1ccc(-c2cnn(-c3ccc(F)c(F)c3)c(=O)c2Oc2ccc(F)cc2)cc1. The lowest BCUT2D eigenvalue weighted by Crippen LogP contribution is -2.23. The smallest absolute Gasteiger partial charge is 0.315 e. The zero-order valence-electron chi connectivity index (χ0n) is 17.0. The van der Waals surface area contributed by atoms with Crippen molar-refractivity contribution >= 4 is 9.84 Å². The molecule has 0 fully saturated rings. The molecule has 0 radical (unpaired) electrons. The van der Waals surface area contributed by atoms with Gasteiger partial charge < -0.3 is 4.74 Å². The maximum atomic E-state index is 13.7. The highest BCUT2D eigenvalue weighted by molar-refractivity contribution is 7.90. The van der Waals surface area contributed by atoms with Crippen LogP contribution in [0.15, 0.2) is 82.6 Å². The Labute approximate surface area is 186 Å². The van der Waals surface area contributed by atoms with E-state index in [1.165, 1.54) is 48.7 Å². The zero-order valence-corrected chi connectivity index (χ0v) is 17.8. The van der Waals surface area contributed by atoms with Crippen molar-refractivity contribution in [1.29, 1.82) is 0 Å². The van der Waals surface area contributed by atoms with Gasteiger partial charge in [-0.2, -0.15) is 9.78 Å². The lowest BCUT2D eigenvalue weighted by molar-refractivity contribution is 0.467.